The van der Waals surface area contributed by atoms with Gasteiger partial charge in [0.05, 0.1) is 24.3 Å². The van der Waals surface area contributed by atoms with Crippen molar-refractivity contribution in [3.63, 3.8) is 0 Å². The van der Waals surface area contributed by atoms with Crippen molar-refractivity contribution in [1.29, 1.82) is 0 Å². The van der Waals surface area contributed by atoms with E-state index in [2.05, 4.69) is 9.72 Å². The largest absolute Gasteiger partial charge is 0.466 e. The molecule has 0 aromatic carbocycles. The first-order valence-electron chi connectivity index (χ1n) is 4.74. The maximum absolute atomic E-state index is 13.4. The van der Waals surface area contributed by atoms with Gasteiger partial charge in [-0.05, 0) is 6.92 Å². The Balaban J connectivity index is 3.03. The first kappa shape index (κ1) is 13.4. The van der Waals surface area contributed by atoms with E-state index in [1.54, 1.807) is 0 Å². The van der Waals surface area contributed by atoms with E-state index in [1.165, 1.54) is 6.92 Å². The van der Waals surface area contributed by atoms with Crippen LogP contribution >= 0.6 is 0 Å². The summed E-state index contributed by atoms with van der Waals surface area (Å²) in [4.78, 5) is 14.1. The second-order valence-electron chi connectivity index (χ2n) is 3.08. The molecule has 0 amide bonds. The summed E-state index contributed by atoms with van der Waals surface area (Å²) in [5.41, 5.74) is -1.80. The van der Waals surface area contributed by atoms with Crippen LogP contribution in [0, 0.1) is 11.8 Å². The number of carbonyl (C=O) groups excluding carboxylic acids is 1. The molecular weight excluding hydrogens is 242 g/mol. The molecule has 0 unspecified atom stereocenters. The van der Waals surface area contributed by atoms with Gasteiger partial charge in [-0.15, -0.1) is 0 Å². The number of ether oxygens (including phenoxy) is 1. The minimum absolute atomic E-state index is 0.0530. The third kappa shape index (κ3) is 3.40. The number of hydrogen-bond acceptors (Lipinski definition) is 3. The van der Waals surface area contributed by atoms with E-state index < -0.39 is 41.8 Å². The van der Waals surface area contributed by atoms with Gasteiger partial charge < -0.3 is 4.74 Å². The molecule has 17 heavy (non-hydrogen) atoms. The van der Waals surface area contributed by atoms with Crippen molar-refractivity contribution >= 4 is 5.97 Å². The van der Waals surface area contributed by atoms with Gasteiger partial charge in [-0.3, -0.25) is 4.79 Å². The molecule has 1 heterocycles. The minimum Gasteiger partial charge on any atom is -0.466 e. The van der Waals surface area contributed by atoms with Gasteiger partial charge in [0.1, 0.15) is 0 Å². The Hall–Kier alpha value is -1.66. The lowest BCUT2D eigenvalue weighted by Gasteiger charge is -2.07. The molecule has 0 aliphatic rings. The number of nitrogens with zero attached hydrogens (tertiary/aromatic N) is 1. The highest BCUT2D eigenvalue weighted by Crippen LogP contribution is 2.24. The molecule has 94 valence electrons. The molecule has 0 saturated carbocycles. The maximum Gasteiger partial charge on any atom is 0.311 e. The summed E-state index contributed by atoms with van der Waals surface area (Å²) in [6.07, 6.45) is -3.86. The highest BCUT2D eigenvalue weighted by molar-refractivity contribution is 5.72. The van der Waals surface area contributed by atoms with Crippen LogP contribution in [0.25, 0.3) is 0 Å². The SMILES string of the molecule is CCOC(=O)Cc1nc(F)cc(C(F)F)c1F. The van der Waals surface area contributed by atoms with Crippen molar-refractivity contribution in [1.82, 2.24) is 4.98 Å². The van der Waals surface area contributed by atoms with Gasteiger partial charge in [0.2, 0.25) is 5.95 Å². The third-order valence-electron chi connectivity index (χ3n) is 1.88. The van der Waals surface area contributed by atoms with Gasteiger partial charge in [0.25, 0.3) is 6.43 Å². The molecule has 1 aromatic heterocycles. The average molecular weight is 251 g/mol. The van der Waals surface area contributed by atoms with Crippen molar-refractivity contribution in [2.24, 2.45) is 0 Å². The molecular formula is C10H9F4NO2. The van der Waals surface area contributed by atoms with Gasteiger partial charge in [-0.2, -0.15) is 4.39 Å². The number of halogens is 4. The molecule has 0 N–H and O–H groups in total. The molecule has 1 rings (SSSR count). The Morgan fingerprint density at radius 1 is 1.47 bits per heavy atom. The lowest BCUT2D eigenvalue weighted by Crippen LogP contribution is -2.12. The first-order valence-corrected chi connectivity index (χ1v) is 4.74. The van der Waals surface area contributed by atoms with Gasteiger partial charge in [-0.1, -0.05) is 0 Å². The fourth-order valence-corrected chi connectivity index (χ4v) is 1.19. The molecule has 7 heteroatoms. The monoisotopic (exact) mass is 251 g/mol. The molecule has 3 nitrogen and oxygen atoms in total. The standard InChI is InChI=1S/C10H9F4NO2/c1-2-17-8(16)4-6-9(12)5(10(13)14)3-7(11)15-6/h3,10H,2,4H2,1H3. The van der Waals surface area contributed by atoms with Crippen LogP contribution in [0.15, 0.2) is 6.07 Å². The molecule has 0 aliphatic heterocycles. The summed E-state index contributed by atoms with van der Waals surface area (Å²) in [5, 5.41) is 0. The zero-order valence-electron chi connectivity index (χ0n) is 8.84. The van der Waals surface area contributed by atoms with Crippen LogP contribution in [-0.2, 0) is 16.0 Å². The van der Waals surface area contributed by atoms with Crippen molar-refractivity contribution in [2.75, 3.05) is 6.61 Å². The predicted molar refractivity (Wildman–Crippen MR) is 49.4 cm³/mol. The molecule has 0 radical (unpaired) electrons. The van der Waals surface area contributed by atoms with Gasteiger partial charge in [0, 0.05) is 6.07 Å². The van der Waals surface area contributed by atoms with E-state index in [4.69, 9.17) is 0 Å². The number of pyridine rings is 1. The minimum atomic E-state index is -3.17. The van der Waals surface area contributed by atoms with Crippen molar-refractivity contribution < 1.29 is 27.1 Å². The summed E-state index contributed by atoms with van der Waals surface area (Å²) in [7, 11) is 0. The van der Waals surface area contributed by atoms with Gasteiger partial charge in [-0.25, -0.2) is 18.2 Å². The van der Waals surface area contributed by atoms with Crippen LogP contribution in [0.1, 0.15) is 24.6 Å². The second kappa shape index (κ2) is 5.60. The summed E-state index contributed by atoms with van der Waals surface area (Å²) in [6.45, 7) is 1.58. The molecule has 0 aliphatic carbocycles. The Morgan fingerprint density at radius 3 is 2.65 bits per heavy atom. The molecule has 1 aromatic rings. The zero-order valence-corrected chi connectivity index (χ0v) is 8.84. The number of aromatic nitrogens is 1. The Morgan fingerprint density at radius 2 is 2.12 bits per heavy atom. The zero-order chi connectivity index (χ0) is 13.0. The summed E-state index contributed by atoms with van der Waals surface area (Å²) in [6, 6.07) is 0.300. The Labute approximate surface area is 94.4 Å². The van der Waals surface area contributed by atoms with Crippen LogP contribution in [0.3, 0.4) is 0 Å². The van der Waals surface area contributed by atoms with Crippen molar-refractivity contribution in [2.45, 2.75) is 19.8 Å². The summed E-state index contributed by atoms with van der Waals surface area (Å²) in [5.74, 6) is -3.50. The van der Waals surface area contributed by atoms with Crippen molar-refractivity contribution in [3.05, 3.63) is 29.1 Å². The molecule has 0 saturated heterocycles. The van der Waals surface area contributed by atoms with Crippen molar-refractivity contribution in [3.8, 4) is 0 Å². The average Bonchev–Trinajstić information content (AvgIpc) is 2.22. The maximum atomic E-state index is 13.4. The molecule has 0 atom stereocenters. The van der Waals surface area contributed by atoms with Gasteiger partial charge >= 0.3 is 5.97 Å². The predicted octanol–water partition coefficient (Wildman–Crippen LogP) is 2.40. The topological polar surface area (TPSA) is 39.2 Å². The lowest BCUT2D eigenvalue weighted by atomic mass is 10.2. The van der Waals surface area contributed by atoms with Gasteiger partial charge in [0.15, 0.2) is 5.82 Å². The highest BCUT2D eigenvalue weighted by atomic mass is 19.3. The first-order chi connectivity index (χ1) is 7.95. The highest BCUT2D eigenvalue weighted by Gasteiger charge is 2.21. The third-order valence-corrected chi connectivity index (χ3v) is 1.88. The number of rotatable bonds is 4. The number of hydrogen-bond donors (Lipinski definition) is 0. The molecule has 0 spiro atoms. The Kier molecular flexibility index (Phi) is 4.42. The second-order valence-corrected chi connectivity index (χ2v) is 3.08. The lowest BCUT2D eigenvalue weighted by molar-refractivity contribution is -0.142. The fourth-order valence-electron chi connectivity index (χ4n) is 1.19. The number of alkyl halides is 2. The van der Waals surface area contributed by atoms with E-state index in [0.717, 1.165) is 0 Å². The summed E-state index contributed by atoms with van der Waals surface area (Å²) >= 11 is 0. The van der Waals surface area contributed by atoms with E-state index in [1.807, 2.05) is 0 Å². The fraction of sp³-hybridized carbons (Fsp3) is 0.400. The van der Waals surface area contributed by atoms with E-state index in [-0.39, 0.29) is 6.61 Å². The smallest absolute Gasteiger partial charge is 0.311 e. The quantitative estimate of drug-likeness (QED) is 0.468. The van der Waals surface area contributed by atoms with Crippen LogP contribution in [0.4, 0.5) is 17.6 Å². The normalized spacial score (nSPS) is 10.7. The molecule has 0 bridgehead atoms. The van der Waals surface area contributed by atoms with Crippen LogP contribution < -0.4 is 0 Å². The van der Waals surface area contributed by atoms with E-state index in [0.29, 0.717) is 6.07 Å². The van der Waals surface area contributed by atoms with E-state index >= 15 is 0 Å². The number of esters is 1. The van der Waals surface area contributed by atoms with Crippen LogP contribution in [-0.4, -0.2) is 17.6 Å². The molecule has 0 fully saturated rings. The number of carbonyl (C=O) groups is 1. The van der Waals surface area contributed by atoms with Crippen LogP contribution in [0.2, 0.25) is 0 Å². The Bertz CT molecular complexity index is 423. The van der Waals surface area contributed by atoms with Crippen LogP contribution in [0.5, 0.6) is 0 Å². The van der Waals surface area contributed by atoms with E-state index in [9.17, 15) is 22.4 Å². The summed E-state index contributed by atoms with van der Waals surface area (Å²) < 4.78 is 55.4.